The number of rotatable bonds is 5. The Balaban J connectivity index is -0.000000156. The molecule has 0 saturated heterocycles. The van der Waals surface area contributed by atoms with E-state index in [9.17, 15) is 15.2 Å². The molecule has 1 aromatic heterocycles. The van der Waals surface area contributed by atoms with Gasteiger partial charge in [0.15, 0.2) is 0 Å². The van der Waals surface area contributed by atoms with Gasteiger partial charge in [-0.3, -0.25) is 9.78 Å². The number of hydrogen-bond acceptors (Lipinski definition) is 11. The fraction of sp³-hybridized carbons (Fsp3) is 0.421. The molecule has 0 unspecified atom stereocenters. The average Bonchev–Trinajstić information content (AvgIpc) is 2.79. The predicted molar refractivity (Wildman–Crippen MR) is 118 cm³/mol. The van der Waals surface area contributed by atoms with Gasteiger partial charge in [0.1, 0.15) is 0 Å². The number of carbonyl (C=O) groups is 1. The minimum atomic E-state index is -0.150. The van der Waals surface area contributed by atoms with Gasteiger partial charge in [-0.25, -0.2) is 0 Å². The molecule has 1 rings (SSSR count). The first-order valence-corrected chi connectivity index (χ1v) is 8.77. The molecule has 0 aliphatic heterocycles. The molecule has 12 heteroatoms. The fourth-order valence-corrected chi connectivity index (χ4v) is 0.967. The second kappa shape index (κ2) is 27.0. The Bertz CT molecular complexity index is 568. The molecule has 0 fully saturated rings. The number of nitrogens with zero attached hydrogens (tertiary/aromatic N) is 5. The van der Waals surface area contributed by atoms with Crippen LogP contribution in [0.2, 0.25) is 0 Å². The van der Waals surface area contributed by atoms with Crippen molar-refractivity contribution in [1.82, 2.24) is 4.98 Å². The molecule has 11 nitrogen and oxygen atoms in total. The van der Waals surface area contributed by atoms with Crippen LogP contribution >= 0.6 is 0 Å². The molecule has 0 bridgehead atoms. The molecule has 0 aliphatic rings. The van der Waals surface area contributed by atoms with E-state index < -0.39 is 0 Å². The molecule has 0 amide bonds. The summed E-state index contributed by atoms with van der Waals surface area (Å²) in [5.74, 6) is -0.150. The second-order valence-electron chi connectivity index (χ2n) is 5.16. The molecular weight excluding hydrogens is 453 g/mol. The van der Waals surface area contributed by atoms with E-state index >= 15 is 0 Å². The van der Waals surface area contributed by atoms with Crippen LogP contribution in [0.3, 0.4) is 0 Å². The van der Waals surface area contributed by atoms with E-state index in [0.29, 0.717) is 19.4 Å². The Kier molecular flexibility index (Phi) is 30.9. The molecule has 0 radical (unpaired) electrons. The molecule has 0 saturated carbocycles. The van der Waals surface area contributed by atoms with Gasteiger partial charge in [-0.2, -0.15) is 6.42 Å². The molecule has 0 aromatic carbocycles. The van der Waals surface area contributed by atoms with Gasteiger partial charge in [-0.05, 0) is 46.8 Å². The molecule has 0 aliphatic carbocycles. The fourth-order valence-electron chi connectivity index (χ4n) is 0.967. The summed E-state index contributed by atoms with van der Waals surface area (Å²) >= 11 is 0. The number of esters is 1. The van der Waals surface area contributed by atoms with Crippen LogP contribution < -0.4 is 0 Å². The first-order valence-electron chi connectivity index (χ1n) is 8.77. The van der Waals surface area contributed by atoms with Crippen LogP contribution in [-0.4, -0.2) is 50.8 Å². The average molecular weight is 483 g/mol. The van der Waals surface area contributed by atoms with Crippen LogP contribution in [0.25, 0.3) is 0 Å². The predicted octanol–water partition coefficient (Wildman–Crippen LogP) is 3.83. The molecule has 1 aromatic rings. The maximum atomic E-state index is 10.4. The summed E-state index contributed by atoms with van der Waals surface area (Å²) in [6, 6.07) is 5.72. The molecular formula is C19H30CoN5O6. The number of oxime groups is 2. The quantitative estimate of drug-likeness (QED) is 0.210. The van der Waals surface area contributed by atoms with Gasteiger partial charge in [0.05, 0.1) is 29.5 Å². The molecule has 0 spiro atoms. The summed E-state index contributed by atoms with van der Waals surface area (Å²) in [5, 5.41) is 45.8. The summed E-state index contributed by atoms with van der Waals surface area (Å²) in [7, 11) is 0. The summed E-state index contributed by atoms with van der Waals surface area (Å²) < 4.78 is 4.60. The Morgan fingerprint density at radius 2 is 1.35 bits per heavy atom. The van der Waals surface area contributed by atoms with Gasteiger partial charge in [0.25, 0.3) is 0 Å². The summed E-state index contributed by atoms with van der Waals surface area (Å²) in [4.78, 5) is 14.2. The SMILES string of the molecule is CC(=N\[O-])/C(C)=N/O.CC(=N\[O-])/C(C)=N/O.[CH2-]CCC(=O)OCC.[Co+3].c1ccncc1. The number of carbonyl (C=O) groups excluding carboxylic acids is 1. The zero-order chi connectivity index (χ0) is 23.8. The topological polar surface area (TPSA) is 175 Å². The maximum Gasteiger partial charge on any atom is 3.00 e. The smallest absolute Gasteiger partial charge is 0.792 e. The first kappa shape index (κ1) is 35.4. The van der Waals surface area contributed by atoms with Crippen molar-refractivity contribution < 1.29 is 36.7 Å². The minimum absolute atomic E-state index is 0. The summed E-state index contributed by atoms with van der Waals surface area (Å²) in [6.45, 7) is 11.7. The van der Waals surface area contributed by atoms with Crippen molar-refractivity contribution in [3.8, 4) is 0 Å². The van der Waals surface area contributed by atoms with Crippen molar-refractivity contribution in [2.24, 2.45) is 20.6 Å². The minimum Gasteiger partial charge on any atom is -0.792 e. The molecule has 0 atom stereocenters. The van der Waals surface area contributed by atoms with E-state index in [1.807, 2.05) is 18.2 Å². The van der Waals surface area contributed by atoms with Crippen molar-refractivity contribution in [1.29, 1.82) is 0 Å². The van der Waals surface area contributed by atoms with E-state index in [0.717, 1.165) is 0 Å². The molecule has 31 heavy (non-hydrogen) atoms. The Morgan fingerprint density at radius 1 is 0.935 bits per heavy atom. The van der Waals surface area contributed by atoms with Gasteiger partial charge in [0.2, 0.25) is 0 Å². The van der Waals surface area contributed by atoms with Crippen molar-refractivity contribution in [3.05, 3.63) is 47.9 Å². The van der Waals surface area contributed by atoms with Crippen LogP contribution in [0.1, 0.15) is 47.5 Å². The summed E-state index contributed by atoms with van der Waals surface area (Å²) in [5.41, 5.74) is 0.903. The van der Waals surface area contributed by atoms with E-state index in [2.05, 4.69) is 37.3 Å². The van der Waals surface area contributed by atoms with Crippen molar-refractivity contribution in [3.63, 3.8) is 0 Å². The van der Waals surface area contributed by atoms with Crippen LogP contribution in [-0.2, 0) is 26.3 Å². The van der Waals surface area contributed by atoms with Crippen LogP contribution in [0.15, 0.2) is 51.2 Å². The second-order valence-corrected chi connectivity index (χ2v) is 5.16. The Labute approximate surface area is 193 Å². The van der Waals surface area contributed by atoms with Crippen molar-refractivity contribution >= 4 is 28.8 Å². The zero-order valence-electron chi connectivity index (χ0n) is 18.3. The van der Waals surface area contributed by atoms with E-state index in [4.69, 9.17) is 10.4 Å². The van der Waals surface area contributed by atoms with Gasteiger partial charge in [-0.15, -0.1) is 0 Å². The third-order valence-corrected chi connectivity index (χ3v) is 2.87. The molecule has 2 N–H and O–H groups in total. The van der Waals surface area contributed by atoms with Crippen molar-refractivity contribution in [2.45, 2.75) is 47.5 Å². The summed E-state index contributed by atoms with van der Waals surface area (Å²) in [6.07, 6.45) is 4.56. The van der Waals surface area contributed by atoms with Crippen LogP contribution in [0.5, 0.6) is 0 Å². The maximum absolute atomic E-state index is 10.4. The van der Waals surface area contributed by atoms with Crippen LogP contribution in [0, 0.1) is 17.3 Å². The first-order chi connectivity index (χ1) is 14.2. The third kappa shape index (κ3) is 27.0. The largest absolute Gasteiger partial charge is 3.00 e. The number of hydrogen-bond donors (Lipinski definition) is 2. The van der Waals surface area contributed by atoms with E-state index in [-0.39, 0.29) is 45.6 Å². The van der Waals surface area contributed by atoms with Gasteiger partial charge in [-0.1, -0.05) is 16.4 Å². The monoisotopic (exact) mass is 483 g/mol. The van der Waals surface area contributed by atoms with Crippen LogP contribution in [0.4, 0.5) is 0 Å². The number of pyridine rings is 1. The van der Waals surface area contributed by atoms with E-state index in [1.54, 1.807) is 19.3 Å². The number of aromatic nitrogens is 1. The number of ether oxygens (including phenoxy) is 1. The third-order valence-electron chi connectivity index (χ3n) is 2.87. The van der Waals surface area contributed by atoms with Crippen molar-refractivity contribution in [2.75, 3.05) is 6.61 Å². The standard InChI is InChI=1S/C6H11O2.C5H5N.2C4H8N2O2.Co/c1-3-5-6(7)8-4-2;1-2-4-6-5-3-1;2*1-3(5-7)4(2)6-8;/h1,3-5H2,2H3;1-5H;2*7-8H,1-2H3;/q-1;;;;+3/p-2/b;;2*5-3+,6-4+;. The van der Waals surface area contributed by atoms with E-state index in [1.165, 1.54) is 27.7 Å². The van der Waals surface area contributed by atoms with Gasteiger partial charge >= 0.3 is 22.7 Å². The normalized spacial score (nSPS) is 11.2. The zero-order valence-corrected chi connectivity index (χ0v) is 19.4. The Hall–Kier alpha value is -2.99. The Morgan fingerprint density at radius 3 is 1.52 bits per heavy atom. The van der Waals surface area contributed by atoms with Gasteiger partial charge < -0.3 is 42.8 Å². The van der Waals surface area contributed by atoms with Gasteiger partial charge in [0, 0.05) is 18.8 Å². The molecule has 176 valence electrons. The molecule has 1 heterocycles.